The third kappa shape index (κ3) is 6.53. The van der Waals surface area contributed by atoms with E-state index in [4.69, 9.17) is 10.5 Å². The van der Waals surface area contributed by atoms with E-state index in [2.05, 4.69) is 5.32 Å². The van der Waals surface area contributed by atoms with Crippen LogP contribution in [0.3, 0.4) is 0 Å². The first kappa shape index (κ1) is 22.8. The van der Waals surface area contributed by atoms with Gasteiger partial charge in [0.05, 0.1) is 12.5 Å². The van der Waals surface area contributed by atoms with E-state index in [1.165, 1.54) is 6.07 Å². The first-order chi connectivity index (χ1) is 14.0. The van der Waals surface area contributed by atoms with Gasteiger partial charge in [-0.15, -0.1) is 12.4 Å². The molecule has 0 saturated heterocycles. The molecule has 0 aliphatic heterocycles. The van der Waals surface area contributed by atoms with Gasteiger partial charge in [0.25, 0.3) is 5.91 Å². The standard InChI is InChI=1S/C23H22N2O4.ClH/c24-19-11-18(12-20(13-19)29-15-16-7-3-1-4-8-16)23(28)25-21(14-22(26)27)17-9-5-2-6-10-17;/h1-13,21H,14-15,24H2,(H,25,28)(H,26,27);1H. The fraction of sp³-hybridized carbons (Fsp3) is 0.130. The number of ether oxygens (including phenoxy) is 1. The van der Waals surface area contributed by atoms with Crippen molar-refractivity contribution in [1.82, 2.24) is 5.32 Å². The number of nitrogens with one attached hydrogen (secondary N) is 1. The van der Waals surface area contributed by atoms with Crippen LogP contribution in [0.25, 0.3) is 0 Å². The zero-order valence-corrected chi connectivity index (χ0v) is 17.0. The van der Waals surface area contributed by atoms with Gasteiger partial charge in [0.15, 0.2) is 0 Å². The molecule has 0 radical (unpaired) electrons. The predicted molar refractivity (Wildman–Crippen MR) is 118 cm³/mol. The van der Waals surface area contributed by atoms with Crippen molar-refractivity contribution < 1.29 is 19.4 Å². The Kier molecular flexibility index (Phi) is 8.26. The number of rotatable bonds is 8. The van der Waals surface area contributed by atoms with Crippen molar-refractivity contribution in [1.29, 1.82) is 0 Å². The molecular weight excluding hydrogens is 404 g/mol. The maximum Gasteiger partial charge on any atom is 0.305 e. The Bertz CT molecular complexity index is 981. The number of amides is 1. The number of hydrogen-bond donors (Lipinski definition) is 3. The second kappa shape index (κ2) is 10.9. The zero-order chi connectivity index (χ0) is 20.6. The Balaban J connectivity index is 0.00000320. The van der Waals surface area contributed by atoms with Gasteiger partial charge in [-0.05, 0) is 23.3 Å². The number of aliphatic carboxylic acids is 1. The van der Waals surface area contributed by atoms with Gasteiger partial charge in [-0.25, -0.2) is 0 Å². The minimum Gasteiger partial charge on any atom is -0.489 e. The Morgan fingerprint density at radius 2 is 1.60 bits per heavy atom. The zero-order valence-electron chi connectivity index (χ0n) is 16.2. The van der Waals surface area contributed by atoms with Crippen molar-refractivity contribution in [3.8, 4) is 5.75 Å². The molecule has 0 heterocycles. The minimum atomic E-state index is -1.00. The van der Waals surface area contributed by atoms with Crippen LogP contribution < -0.4 is 15.8 Å². The number of carbonyl (C=O) groups excluding carboxylic acids is 1. The molecule has 7 heteroatoms. The summed E-state index contributed by atoms with van der Waals surface area (Å²) < 4.78 is 5.76. The molecule has 0 aromatic heterocycles. The summed E-state index contributed by atoms with van der Waals surface area (Å²) in [5.74, 6) is -0.955. The Labute approximate surface area is 181 Å². The molecule has 6 nitrogen and oxygen atoms in total. The molecule has 3 aromatic rings. The van der Waals surface area contributed by atoms with Crippen LogP contribution in [0.15, 0.2) is 78.9 Å². The molecule has 30 heavy (non-hydrogen) atoms. The normalized spacial score (nSPS) is 11.1. The Morgan fingerprint density at radius 3 is 2.23 bits per heavy atom. The van der Waals surface area contributed by atoms with Gasteiger partial charge in [0.2, 0.25) is 0 Å². The quantitative estimate of drug-likeness (QED) is 0.468. The molecule has 1 atom stereocenters. The molecule has 3 aromatic carbocycles. The highest BCUT2D eigenvalue weighted by atomic mass is 35.5. The number of carbonyl (C=O) groups is 2. The molecular formula is C23H23ClN2O4. The highest BCUT2D eigenvalue weighted by Gasteiger charge is 2.19. The van der Waals surface area contributed by atoms with Crippen molar-refractivity contribution in [3.05, 3.63) is 95.6 Å². The molecule has 0 saturated carbocycles. The van der Waals surface area contributed by atoms with Crippen molar-refractivity contribution in [2.24, 2.45) is 0 Å². The van der Waals surface area contributed by atoms with Crippen molar-refractivity contribution in [3.63, 3.8) is 0 Å². The molecule has 0 fully saturated rings. The van der Waals surface area contributed by atoms with Gasteiger partial charge >= 0.3 is 5.97 Å². The van der Waals surface area contributed by atoms with E-state index >= 15 is 0 Å². The van der Waals surface area contributed by atoms with Crippen LogP contribution in [0.5, 0.6) is 5.75 Å². The van der Waals surface area contributed by atoms with Gasteiger partial charge in [-0.3, -0.25) is 9.59 Å². The summed E-state index contributed by atoms with van der Waals surface area (Å²) in [5, 5.41) is 12.0. The van der Waals surface area contributed by atoms with Crippen LogP contribution >= 0.6 is 12.4 Å². The van der Waals surface area contributed by atoms with E-state index in [0.29, 0.717) is 29.2 Å². The molecule has 0 aliphatic rings. The predicted octanol–water partition coefficient (Wildman–Crippen LogP) is 4.22. The lowest BCUT2D eigenvalue weighted by Gasteiger charge is -2.18. The number of carboxylic acid groups (broad SMARTS) is 1. The maximum absolute atomic E-state index is 12.8. The van der Waals surface area contributed by atoms with Gasteiger partial charge < -0.3 is 20.9 Å². The third-order valence-corrected chi connectivity index (χ3v) is 4.33. The molecule has 156 valence electrons. The number of halogens is 1. The molecule has 1 unspecified atom stereocenters. The maximum atomic E-state index is 12.8. The van der Waals surface area contributed by atoms with Gasteiger partial charge in [0.1, 0.15) is 12.4 Å². The lowest BCUT2D eigenvalue weighted by molar-refractivity contribution is -0.137. The summed E-state index contributed by atoms with van der Waals surface area (Å²) in [4.78, 5) is 24.0. The molecule has 0 bridgehead atoms. The first-order valence-corrected chi connectivity index (χ1v) is 9.16. The Morgan fingerprint density at radius 1 is 0.967 bits per heavy atom. The van der Waals surface area contributed by atoms with Crippen LogP contribution in [-0.2, 0) is 11.4 Å². The topological polar surface area (TPSA) is 102 Å². The molecule has 4 N–H and O–H groups in total. The number of nitrogens with two attached hydrogens (primary N) is 1. The van der Waals surface area contributed by atoms with E-state index in [0.717, 1.165) is 5.56 Å². The van der Waals surface area contributed by atoms with Crippen molar-refractivity contribution >= 4 is 30.0 Å². The molecule has 1 amide bonds. The average molecular weight is 427 g/mol. The summed E-state index contributed by atoms with van der Waals surface area (Å²) in [6.07, 6.45) is -0.227. The number of carboxylic acids is 1. The number of anilines is 1. The lowest BCUT2D eigenvalue weighted by Crippen LogP contribution is -2.30. The van der Waals surface area contributed by atoms with E-state index < -0.39 is 17.9 Å². The van der Waals surface area contributed by atoms with E-state index in [1.807, 2.05) is 36.4 Å². The second-order valence-electron chi connectivity index (χ2n) is 6.60. The van der Waals surface area contributed by atoms with Crippen LogP contribution in [0.1, 0.15) is 33.9 Å². The average Bonchev–Trinajstić information content (AvgIpc) is 2.72. The van der Waals surface area contributed by atoms with Crippen LogP contribution in [0.2, 0.25) is 0 Å². The fourth-order valence-electron chi connectivity index (χ4n) is 2.93. The first-order valence-electron chi connectivity index (χ1n) is 9.16. The monoisotopic (exact) mass is 426 g/mol. The smallest absolute Gasteiger partial charge is 0.305 e. The second-order valence-corrected chi connectivity index (χ2v) is 6.60. The largest absolute Gasteiger partial charge is 0.489 e. The number of nitrogen functional groups attached to an aromatic ring is 1. The van der Waals surface area contributed by atoms with Crippen LogP contribution in [0.4, 0.5) is 5.69 Å². The van der Waals surface area contributed by atoms with Crippen molar-refractivity contribution in [2.75, 3.05) is 5.73 Å². The highest BCUT2D eigenvalue weighted by molar-refractivity contribution is 5.96. The summed E-state index contributed by atoms with van der Waals surface area (Å²) in [5.41, 5.74) is 8.33. The van der Waals surface area contributed by atoms with E-state index in [9.17, 15) is 14.7 Å². The molecule has 3 rings (SSSR count). The van der Waals surface area contributed by atoms with E-state index in [1.54, 1.807) is 36.4 Å². The fourth-order valence-corrected chi connectivity index (χ4v) is 2.93. The van der Waals surface area contributed by atoms with Gasteiger partial charge in [-0.2, -0.15) is 0 Å². The summed E-state index contributed by atoms with van der Waals surface area (Å²) in [7, 11) is 0. The van der Waals surface area contributed by atoms with Gasteiger partial charge in [0, 0.05) is 17.3 Å². The summed E-state index contributed by atoms with van der Waals surface area (Å²) >= 11 is 0. The van der Waals surface area contributed by atoms with Crippen molar-refractivity contribution in [2.45, 2.75) is 19.1 Å². The molecule has 0 spiro atoms. The number of benzene rings is 3. The SMILES string of the molecule is Cl.Nc1cc(OCc2ccccc2)cc(C(=O)NC(CC(=O)O)c2ccccc2)c1. The third-order valence-electron chi connectivity index (χ3n) is 4.33. The summed E-state index contributed by atoms with van der Waals surface area (Å²) in [6, 6.07) is 22.7. The van der Waals surface area contributed by atoms with Gasteiger partial charge in [-0.1, -0.05) is 60.7 Å². The molecule has 0 aliphatic carbocycles. The highest BCUT2D eigenvalue weighted by Crippen LogP contribution is 2.22. The minimum absolute atomic E-state index is 0. The summed E-state index contributed by atoms with van der Waals surface area (Å²) in [6.45, 7) is 0.344. The van der Waals surface area contributed by atoms with Crippen LogP contribution in [0, 0.1) is 0 Å². The lowest BCUT2D eigenvalue weighted by atomic mass is 10.0. The Hall–Kier alpha value is -3.51. The van der Waals surface area contributed by atoms with E-state index in [-0.39, 0.29) is 18.8 Å². The van der Waals surface area contributed by atoms with Crippen LogP contribution in [-0.4, -0.2) is 17.0 Å². The number of hydrogen-bond acceptors (Lipinski definition) is 4.